The summed E-state index contributed by atoms with van der Waals surface area (Å²) in [6.07, 6.45) is 19.4. The van der Waals surface area contributed by atoms with Crippen LogP contribution in [0, 0.1) is 0 Å². The van der Waals surface area contributed by atoms with Crippen molar-refractivity contribution in [2.75, 3.05) is 26.4 Å². The Morgan fingerprint density at radius 1 is 0.815 bits per heavy atom. The maximum atomic E-state index is 11.7. The van der Waals surface area contributed by atoms with E-state index in [1.165, 1.54) is 57.8 Å². The molecule has 4 nitrogen and oxygen atoms in total. The number of hydrogen-bond donors (Lipinski definition) is 0. The minimum atomic E-state index is -0.0186. The molecule has 0 spiro atoms. The minimum Gasteiger partial charge on any atom is -0.466 e. The van der Waals surface area contributed by atoms with E-state index in [0.29, 0.717) is 13.0 Å². The van der Waals surface area contributed by atoms with Crippen molar-refractivity contribution in [1.82, 2.24) is 0 Å². The second kappa shape index (κ2) is 18.7. The smallest absolute Gasteiger partial charge is 0.305 e. The van der Waals surface area contributed by atoms with Gasteiger partial charge in [-0.1, -0.05) is 84.0 Å². The monoisotopic (exact) mass is 384 g/mol. The molecule has 1 heterocycles. The Hall–Kier alpha value is -0.610. The van der Waals surface area contributed by atoms with E-state index in [1.807, 2.05) is 0 Å². The van der Waals surface area contributed by atoms with Crippen LogP contribution in [0.25, 0.3) is 0 Å². The number of rotatable bonds is 18. The third-order valence-corrected chi connectivity index (χ3v) is 5.30. The van der Waals surface area contributed by atoms with Gasteiger partial charge in [0, 0.05) is 6.42 Å². The molecular weight excluding hydrogens is 340 g/mol. The summed E-state index contributed by atoms with van der Waals surface area (Å²) in [5.41, 5.74) is 0. The van der Waals surface area contributed by atoms with Crippen LogP contribution in [0.4, 0.5) is 0 Å². The van der Waals surface area contributed by atoms with Crippen LogP contribution in [0.2, 0.25) is 0 Å². The van der Waals surface area contributed by atoms with E-state index in [2.05, 4.69) is 6.92 Å². The van der Waals surface area contributed by atoms with E-state index >= 15 is 0 Å². The lowest BCUT2D eigenvalue weighted by Crippen LogP contribution is -2.28. The van der Waals surface area contributed by atoms with Crippen molar-refractivity contribution in [2.24, 2.45) is 0 Å². The fourth-order valence-corrected chi connectivity index (χ4v) is 3.55. The summed E-state index contributed by atoms with van der Waals surface area (Å²) in [5.74, 6) is -0.0186. The van der Waals surface area contributed by atoms with Crippen molar-refractivity contribution in [1.29, 1.82) is 0 Å². The first-order valence-electron chi connectivity index (χ1n) is 11.7. The van der Waals surface area contributed by atoms with Gasteiger partial charge in [-0.15, -0.1) is 0 Å². The number of carbonyl (C=O) groups is 1. The van der Waals surface area contributed by atoms with Gasteiger partial charge in [-0.2, -0.15) is 0 Å². The van der Waals surface area contributed by atoms with E-state index < -0.39 is 0 Å². The van der Waals surface area contributed by atoms with Crippen molar-refractivity contribution in [3.05, 3.63) is 0 Å². The highest BCUT2D eigenvalue weighted by Gasteiger charge is 2.13. The van der Waals surface area contributed by atoms with Gasteiger partial charge < -0.3 is 14.2 Å². The molecule has 1 atom stereocenters. The molecule has 1 rings (SSSR count). The lowest BCUT2D eigenvalue weighted by molar-refractivity contribution is -0.143. The first-order valence-corrected chi connectivity index (χ1v) is 11.7. The molecule has 0 aromatic carbocycles. The zero-order valence-corrected chi connectivity index (χ0v) is 17.9. The van der Waals surface area contributed by atoms with Gasteiger partial charge in [-0.05, 0) is 19.3 Å². The lowest BCUT2D eigenvalue weighted by atomic mass is 10.1. The first kappa shape index (κ1) is 24.4. The van der Waals surface area contributed by atoms with Crippen molar-refractivity contribution in [3.63, 3.8) is 0 Å². The Morgan fingerprint density at radius 3 is 2.11 bits per heavy atom. The first-order chi connectivity index (χ1) is 13.3. The summed E-state index contributed by atoms with van der Waals surface area (Å²) < 4.78 is 16.4. The second-order valence-corrected chi connectivity index (χ2v) is 7.92. The SMILES string of the molecule is CCCCCCCCCCCCOC(=O)CCCCCCC1COCCO1. The number of ether oxygens (including phenoxy) is 3. The summed E-state index contributed by atoms with van der Waals surface area (Å²) in [6, 6.07) is 0. The van der Waals surface area contributed by atoms with Crippen LogP contribution in [-0.2, 0) is 19.0 Å². The van der Waals surface area contributed by atoms with Gasteiger partial charge in [0.05, 0.1) is 32.5 Å². The maximum absolute atomic E-state index is 11.7. The highest BCUT2D eigenvalue weighted by molar-refractivity contribution is 5.69. The molecule has 0 saturated carbocycles. The largest absolute Gasteiger partial charge is 0.466 e. The summed E-state index contributed by atoms with van der Waals surface area (Å²) in [7, 11) is 0. The van der Waals surface area contributed by atoms with E-state index in [-0.39, 0.29) is 12.1 Å². The van der Waals surface area contributed by atoms with E-state index in [1.54, 1.807) is 0 Å². The van der Waals surface area contributed by atoms with Crippen LogP contribution < -0.4 is 0 Å². The molecule has 0 radical (unpaired) electrons. The molecule has 0 N–H and O–H groups in total. The van der Waals surface area contributed by atoms with Crippen LogP contribution in [0.1, 0.15) is 110 Å². The molecule has 4 heteroatoms. The standard InChI is InChI=1S/C23H44O4/c1-2-3-4-5-6-7-8-9-12-15-18-27-23(24)17-14-11-10-13-16-22-21-25-19-20-26-22/h22H,2-21H2,1H3. The number of hydrogen-bond acceptors (Lipinski definition) is 4. The molecule has 1 aliphatic heterocycles. The summed E-state index contributed by atoms with van der Waals surface area (Å²) in [6.45, 7) is 5.07. The van der Waals surface area contributed by atoms with E-state index in [0.717, 1.165) is 58.3 Å². The topological polar surface area (TPSA) is 44.8 Å². The van der Waals surface area contributed by atoms with E-state index in [9.17, 15) is 4.79 Å². The molecule has 0 aromatic rings. The minimum absolute atomic E-state index is 0.0186. The Kier molecular flexibility index (Phi) is 17.0. The van der Waals surface area contributed by atoms with Gasteiger partial charge in [0.1, 0.15) is 0 Å². The molecule has 1 fully saturated rings. The summed E-state index contributed by atoms with van der Waals surface area (Å²) in [4.78, 5) is 11.7. The zero-order chi connectivity index (χ0) is 19.4. The predicted molar refractivity (Wildman–Crippen MR) is 111 cm³/mol. The number of unbranched alkanes of at least 4 members (excludes halogenated alkanes) is 12. The third kappa shape index (κ3) is 16.1. The molecule has 0 bridgehead atoms. The lowest BCUT2D eigenvalue weighted by Gasteiger charge is -2.22. The number of esters is 1. The third-order valence-electron chi connectivity index (χ3n) is 5.30. The Labute approximate surface area is 167 Å². The molecule has 0 aliphatic carbocycles. The van der Waals surface area contributed by atoms with Crippen LogP contribution in [-0.4, -0.2) is 38.5 Å². The second-order valence-electron chi connectivity index (χ2n) is 7.92. The molecule has 0 aromatic heterocycles. The molecule has 0 amide bonds. The van der Waals surface area contributed by atoms with Gasteiger partial charge in [0.2, 0.25) is 0 Å². The quantitative estimate of drug-likeness (QED) is 0.208. The van der Waals surface area contributed by atoms with E-state index in [4.69, 9.17) is 14.2 Å². The summed E-state index contributed by atoms with van der Waals surface area (Å²) >= 11 is 0. The predicted octanol–water partition coefficient (Wildman–Crippen LogP) is 6.21. The number of carbonyl (C=O) groups excluding carboxylic acids is 1. The summed E-state index contributed by atoms with van der Waals surface area (Å²) in [5, 5.41) is 0. The molecule has 1 aliphatic rings. The fourth-order valence-electron chi connectivity index (χ4n) is 3.55. The maximum Gasteiger partial charge on any atom is 0.305 e. The highest BCUT2D eigenvalue weighted by atomic mass is 16.6. The van der Waals surface area contributed by atoms with Crippen LogP contribution in [0.15, 0.2) is 0 Å². The average molecular weight is 385 g/mol. The Bertz CT molecular complexity index is 326. The van der Waals surface area contributed by atoms with Gasteiger partial charge in [0.15, 0.2) is 0 Å². The van der Waals surface area contributed by atoms with Crippen LogP contribution in [0.5, 0.6) is 0 Å². The van der Waals surface area contributed by atoms with Crippen molar-refractivity contribution < 1.29 is 19.0 Å². The van der Waals surface area contributed by atoms with Gasteiger partial charge in [-0.25, -0.2) is 0 Å². The van der Waals surface area contributed by atoms with Crippen LogP contribution >= 0.6 is 0 Å². The molecule has 1 unspecified atom stereocenters. The van der Waals surface area contributed by atoms with Crippen LogP contribution in [0.3, 0.4) is 0 Å². The highest BCUT2D eigenvalue weighted by Crippen LogP contribution is 2.13. The zero-order valence-electron chi connectivity index (χ0n) is 17.9. The fraction of sp³-hybridized carbons (Fsp3) is 0.957. The normalized spacial score (nSPS) is 17.1. The van der Waals surface area contributed by atoms with Gasteiger partial charge in [-0.3, -0.25) is 4.79 Å². The van der Waals surface area contributed by atoms with Gasteiger partial charge in [0.25, 0.3) is 0 Å². The molecule has 160 valence electrons. The van der Waals surface area contributed by atoms with Crippen molar-refractivity contribution in [3.8, 4) is 0 Å². The van der Waals surface area contributed by atoms with Crippen molar-refractivity contribution in [2.45, 2.75) is 116 Å². The Morgan fingerprint density at radius 2 is 1.44 bits per heavy atom. The van der Waals surface area contributed by atoms with Crippen molar-refractivity contribution >= 4 is 5.97 Å². The van der Waals surface area contributed by atoms with Gasteiger partial charge >= 0.3 is 5.97 Å². The average Bonchev–Trinajstić information content (AvgIpc) is 2.69. The molecular formula is C23H44O4. The molecule has 27 heavy (non-hydrogen) atoms. The molecule has 1 saturated heterocycles. The Balaban J connectivity index is 1.74.